The van der Waals surface area contributed by atoms with Gasteiger partial charge in [-0.25, -0.2) is 4.79 Å². The fourth-order valence-electron chi connectivity index (χ4n) is 2.50. The first-order valence-corrected chi connectivity index (χ1v) is 8.26. The van der Waals surface area contributed by atoms with Crippen LogP contribution in [0.5, 0.6) is 5.75 Å². The van der Waals surface area contributed by atoms with Crippen LogP contribution in [-0.2, 0) is 4.74 Å². The molecule has 1 fully saturated rings. The summed E-state index contributed by atoms with van der Waals surface area (Å²) < 4.78 is 47.5. The second kappa shape index (κ2) is 7.61. The molecule has 0 atom stereocenters. The van der Waals surface area contributed by atoms with Crippen LogP contribution < -0.4 is 15.0 Å². The SMILES string of the molecule is CN1CCN(c2ccc(NC(=O)OC(C)(C)C)c(OC(F)(F)F)c2)CC1. The van der Waals surface area contributed by atoms with E-state index in [0.29, 0.717) is 18.8 Å². The third-order valence-corrected chi connectivity index (χ3v) is 3.69. The quantitative estimate of drug-likeness (QED) is 0.873. The summed E-state index contributed by atoms with van der Waals surface area (Å²) in [6.07, 6.45) is -5.72. The van der Waals surface area contributed by atoms with Gasteiger partial charge in [0, 0.05) is 37.9 Å². The highest BCUT2D eigenvalue weighted by atomic mass is 19.4. The maximum Gasteiger partial charge on any atom is 0.573 e. The number of nitrogens with zero attached hydrogens (tertiary/aromatic N) is 2. The van der Waals surface area contributed by atoms with Crippen molar-refractivity contribution in [3.63, 3.8) is 0 Å². The summed E-state index contributed by atoms with van der Waals surface area (Å²) in [6, 6.07) is 4.32. The molecule has 9 heteroatoms. The number of nitrogens with one attached hydrogen (secondary N) is 1. The highest BCUT2D eigenvalue weighted by Gasteiger charge is 2.33. The van der Waals surface area contributed by atoms with Crippen LogP contribution in [0.15, 0.2) is 18.2 Å². The van der Waals surface area contributed by atoms with Crippen LogP contribution in [0.4, 0.5) is 29.3 Å². The van der Waals surface area contributed by atoms with Crippen molar-refractivity contribution < 1.29 is 27.4 Å². The Morgan fingerprint density at radius 3 is 2.27 bits per heavy atom. The van der Waals surface area contributed by atoms with Crippen LogP contribution in [0.1, 0.15) is 20.8 Å². The molecule has 0 saturated carbocycles. The number of halogens is 3. The Hall–Kier alpha value is -2.16. The minimum atomic E-state index is -4.87. The molecule has 0 aliphatic carbocycles. The van der Waals surface area contributed by atoms with Gasteiger partial charge in [-0.3, -0.25) is 5.32 Å². The van der Waals surface area contributed by atoms with Crippen molar-refractivity contribution in [3.05, 3.63) is 18.2 Å². The number of likely N-dealkylation sites (N-methyl/N-ethyl adjacent to an activating group) is 1. The molecule has 2 rings (SSSR count). The molecule has 0 unspecified atom stereocenters. The van der Waals surface area contributed by atoms with Gasteiger partial charge in [0.15, 0.2) is 5.75 Å². The summed E-state index contributed by atoms with van der Waals surface area (Å²) in [6.45, 7) is 8.00. The number of alkyl halides is 3. The highest BCUT2D eigenvalue weighted by molar-refractivity contribution is 5.87. The minimum Gasteiger partial charge on any atom is -0.444 e. The van der Waals surface area contributed by atoms with Gasteiger partial charge in [0.25, 0.3) is 0 Å². The zero-order valence-corrected chi connectivity index (χ0v) is 15.3. The molecule has 1 aliphatic heterocycles. The standard InChI is InChI=1S/C17H24F3N3O3/c1-16(2,3)26-15(24)21-13-6-5-12(11-14(13)25-17(18,19)20)23-9-7-22(4)8-10-23/h5-6,11H,7-10H2,1-4H3,(H,21,24). The number of ether oxygens (including phenoxy) is 2. The van der Waals surface area contributed by atoms with Gasteiger partial charge in [-0.15, -0.1) is 13.2 Å². The molecule has 1 heterocycles. The Bertz CT molecular complexity index is 636. The van der Waals surface area contributed by atoms with E-state index >= 15 is 0 Å². The van der Waals surface area contributed by atoms with E-state index in [1.165, 1.54) is 12.1 Å². The Balaban J connectivity index is 2.22. The number of carbonyl (C=O) groups is 1. The first-order valence-electron chi connectivity index (χ1n) is 8.26. The van der Waals surface area contributed by atoms with Gasteiger partial charge in [-0.1, -0.05) is 0 Å². The van der Waals surface area contributed by atoms with Gasteiger partial charge in [0.1, 0.15) is 5.60 Å². The molecule has 1 aliphatic rings. The van der Waals surface area contributed by atoms with E-state index in [-0.39, 0.29) is 5.69 Å². The lowest BCUT2D eigenvalue weighted by molar-refractivity contribution is -0.274. The Labute approximate surface area is 150 Å². The molecule has 1 aromatic carbocycles. The topological polar surface area (TPSA) is 54.0 Å². The number of hydrogen-bond acceptors (Lipinski definition) is 5. The van der Waals surface area contributed by atoms with E-state index in [4.69, 9.17) is 4.74 Å². The fraction of sp³-hybridized carbons (Fsp3) is 0.588. The number of carbonyl (C=O) groups excluding carboxylic acids is 1. The van der Waals surface area contributed by atoms with E-state index in [2.05, 4.69) is 15.0 Å². The number of anilines is 2. The summed E-state index contributed by atoms with van der Waals surface area (Å²) >= 11 is 0. The molecule has 0 aromatic heterocycles. The lowest BCUT2D eigenvalue weighted by Gasteiger charge is -2.34. The third kappa shape index (κ3) is 6.29. The molecule has 0 spiro atoms. The largest absolute Gasteiger partial charge is 0.573 e. The molecule has 1 N–H and O–H groups in total. The van der Waals surface area contributed by atoms with Gasteiger partial charge in [-0.2, -0.15) is 0 Å². The Morgan fingerprint density at radius 2 is 1.73 bits per heavy atom. The molecular weight excluding hydrogens is 351 g/mol. The first-order chi connectivity index (χ1) is 11.9. The van der Waals surface area contributed by atoms with Crippen LogP contribution in [0.25, 0.3) is 0 Å². The van der Waals surface area contributed by atoms with E-state index < -0.39 is 23.8 Å². The van der Waals surface area contributed by atoms with Crippen molar-refractivity contribution in [1.29, 1.82) is 0 Å². The summed E-state index contributed by atoms with van der Waals surface area (Å²) in [5.41, 5.74) is -0.268. The molecule has 1 aromatic rings. The number of benzene rings is 1. The predicted molar refractivity (Wildman–Crippen MR) is 92.7 cm³/mol. The van der Waals surface area contributed by atoms with E-state index in [1.807, 2.05) is 11.9 Å². The van der Waals surface area contributed by atoms with Gasteiger partial charge >= 0.3 is 12.5 Å². The molecule has 1 amide bonds. The summed E-state index contributed by atoms with van der Waals surface area (Å²) in [4.78, 5) is 16.0. The van der Waals surface area contributed by atoms with E-state index in [9.17, 15) is 18.0 Å². The summed E-state index contributed by atoms with van der Waals surface area (Å²) in [7, 11) is 1.99. The average Bonchev–Trinajstić information content (AvgIpc) is 2.46. The Kier molecular flexibility index (Phi) is 5.90. The summed E-state index contributed by atoms with van der Waals surface area (Å²) in [5, 5.41) is 2.31. The van der Waals surface area contributed by atoms with Crippen molar-refractivity contribution in [3.8, 4) is 5.75 Å². The number of rotatable bonds is 3. The van der Waals surface area contributed by atoms with Crippen LogP contribution in [-0.4, -0.2) is 56.2 Å². The zero-order chi connectivity index (χ0) is 19.5. The number of amides is 1. The van der Waals surface area contributed by atoms with Crippen LogP contribution >= 0.6 is 0 Å². The predicted octanol–water partition coefficient (Wildman–Crippen LogP) is 3.68. The third-order valence-electron chi connectivity index (χ3n) is 3.69. The second-order valence-electron chi connectivity index (χ2n) is 7.15. The maximum atomic E-state index is 12.8. The molecule has 1 saturated heterocycles. The first kappa shape index (κ1) is 20.2. The van der Waals surface area contributed by atoms with Gasteiger partial charge in [0.05, 0.1) is 5.69 Å². The van der Waals surface area contributed by atoms with Crippen molar-refractivity contribution >= 4 is 17.5 Å². The molecule has 6 nitrogen and oxygen atoms in total. The van der Waals surface area contributed by atoms with E-state index in [1.54, 1.807) is 26.8 Å². The van der Waals surface area contributed by atoms with Crippen molar-refractivity contribution in [2.45, 2.75) is 32.7 Å². The molecule has 0 bridgehead atoms. The van der Waals surface area contributed by atoms with Crippen LogP contribution in [0.3, 0.4) is 0 Å². The van der Waals surface area contributed by atoms with Crippen molar-refractivity contribution in [2.75, 3.05) is 43.4 Å². The lowest BCUT2D eigenvalue weighted by Crippen LogP contribution is -2.44. The van der Waals surface area contributed by atoms with Crippen molar-refractivity contribution in [1.82, 2.24) is 4.90 Å². The van der Waals surface area contributed by atoms with Gasteiger partial charge in [-0.05, 0) is 40.0 Å². The number of hydrogen-bond donors (Lipinski definition) is 1. The molecular formula is C17H24F3N3O3. The second-order valence-corrected chi connectivity index (χ2v) is 7.15. The molecule has 0 radical (unpaired) electrons. The van der Waals surface area contributed by atoms with Gasteiger partial charge in [0.2, 0.25) is 0 Å². The smallest absolute Gasteiger partial charge is 0.444 e. The summed E-state index contributed by atoms with van der Waals surface area (Å²) in [5.74, 6) is -0.472. The molecule has 26 heavy (non-hydrogen) atoms. The molecule has 146 valence electrons. The van der Waals surface area contributed by atoms with Gasteiger partial charge < -0.3 is 19.3 Å². The monoisotopic (exact) mass is 375 g/mol. The lowest BCUT2D eigenvalue weighted by atomic mass is 10.2. The normalized spacial score (nSPS) is 16.3. The van der Waals surface area contributed by atoms with E-state index in [0.717, 1.165) is 13.1 Å². The Morgan fingerprint density at radius 1 is 1.12 bits per heavy atom. The van der Waals surface area contributed by atoms with Crippen LogP contribution in [0.2, 0.25) is 0 Å². The average molecular weight is 375 g/mol. The highest BCUT2D eigenvalue weighted by Crippen LogP contribution is 2.34. The maximum absolute atomic E-state index is 12.8. The minimum absolute atomic E-state index is 0.102. The van der Waals surface area contributed by atoms with Crippen molar-refractivity contribution in [2.24, 2.45) is 0 Å². The fourth-order valence-corrected chi connectivity index (χ4v) is 2.50. The van der Waals surface area contributed by atoms with Crippen LogP contribution in [0, 0.1) is 0 Å². The zero-order valence-electron chi connectivity index (χ0n) is 15.3. The number of piperazine rings is 1.